The molecule has 0 aliphatic heterocycles. The molecule has 0 saturated heterocycles. The van der Waals surface area contributed by atoms with E-state index in [0.717, 1.165) is 41.2 Å². The fourth-order valence-electron chi connectivity index (χ4n) is 3.53. The molecule has 9 nitrogen and oxygen atoms in total. The van der Waals surface area contributed by atoms with Gasteiger partial charge in [0.05, 0.1) is 0 Å². The van der Waals surface area contributed by atoms with E-state index in [2.05, 4.69) is 30.5 Å². The Morgan fingerprint density at radius 1 is 0.848 bits per heavy atom. The summed E-state index contributed by atoms with van der Waals surface area (Å²) in [6.07, 6.45) is 5.49. The molecule has 0 radical (unpaired) electrons. The van der Waals surface area contributed by atoms with Gasteiger partial charge in [0.15, 0.2) is 0 Å². The predicted octanol–water partition coefficient (Wildman–Crippen LogP) is -1.39. The summed E-state index contributed by atoms with van der Waals surface area (Å²) in [6, 6.07) is 0. The van der Waals surface area contributed by atoms with Crippen LogP contribution in [0, 0.1) is 0 Å². The first kappa shape index (κ1) is 32.7. The first-order valence-electron chi connectivity index (χ1n) is 11.2. The number of nitrogens with zero attached hydrogens (tertiary/aromatic N) is 2. The summed E-state index contributed by atoms with van der Waals surface area (Å²) >= 11 is -1.96. The molecule has 0 aliphatic carbocycles. The molecule has 33 heavy (non-hydrogen) atoms. The van der Waals surface area contributed by atoms with E-state index in [1.54, 1.807) is 0 Å². The molecule has 12 heteroatoms. The maximum atomic E-state index is 12.3. The molecular weight excluding hydrogens is 583 g/mol. The van der Waals surface area contributed by atoms with Crippen LogP contribution in [-0.2, 0) is 25.0 Å². The van der Waals surface area contributed by atoms with Crippen molar-refractivity contribution in [2.45, 2.75) is 38.5 Å². The average molecular weight is 629 g/mol. The molecule has 0 aliphatic rings. The van der Waals surface area contributed by atoms with Crippen molar-refractivity contribution in [1.29, 1.82) is 0 Å². The van der Waals surface area contributed by atoms with E-state index in [9.17, 15) is 21.6 Å². The number of rotatable bonds is 19. The minimum absolute atomic E-state index is 0.0778. The van der Waals surface area contributed by atoms with Crippen molar-refractivity contribution >= 4 is 26.1 Å². The van der Waals surface area contributed by atoms with Crippen LogP contribution in [0.3, 0.4) is 0 Å². The van der Waals surface area contributed by atoms with Crippen LogP contribution in [-0.4, -0.2) is 112 Å². The summed E-state index contributed by atoms with van der Waals surface area (Å²) in [4.78, 5) is 18.7. The molecule has 0 bridgehead atoms. The number of hydrogen-bond donors (Lipinski definition) is 2. The third-order valence-electron chi connectivity index (χ3n) is 5.46. The predicted molar refractivity (Wildman–Crippen MR) is 131 cm³/mol. The molecule has 0 aromatic heterocycles. The fourth-order valence-corrected chi connectivity index (χ4v) is 10.2. The van der Waals surface area contributed by atoms with Gasteiger partial charge in [0.2, 0.25) is 0 Å². The van der Waals surface area contributed by atoms with Gasteiger partial charge in [-0.1, -0.05) is 0 Å². The van der Waals surface area contributed by atoms with Crippen LogP contribution in [0.2, 0.25) is 0 Å². The molecule has 0 unspecified atom stereocenters. The van der Waals surface area contributed by atoms with Crippen LogP contribution in [0.25, 0.3) is 0 Å². The van der Waals surface area contributed by atoms with Gasteiger partial charge in [-0.05, 0) is 0 Å². The molecule has 0 saturated carbocycles. The van der Waals surface area contributed by atoms with Crippen LogP contribution in [0.4, 0.5) is 0 Å². The van der Waals surface area contributed by atoms with E-state index < -0.39 is 38.7 Å². The van der Waals surface area contributed by atoms with E-state index in [-0.39, 0.29) is 17.4 Å². The molecule has 0 fully saturated rings. The number of alkyl halides is 4. The van der Waals surface area contributed by atoms with Gasteiger partial charge < -0.3 is 0 Å². The monoisotopic (exact) mass is 628 g/mol. The van der Waals surface area contributed by atoms with Crippen molar-refractivity contribution in [1.82, 2.24) is 4.90 Å². The second kappa shape index (κ2) is 15.0. The van der Waals surface area contributed by atoms with Crippen molar-refractivity contribution in [3.63, 3.8) is 0 Å². The van der Waals surface area contributed by atoms with Gasteiger partial charge >= 0.3 is 183 Å². The Hall–Kier alpha value is -0.280. The summed E-state index contributed by atoms with van der Waals surface area (Å²) in [5.41, 5.74) is 0. The minimum atomic E-state index is -3.91. The second-order valence-electron chi connectivity index (χ2n) is 9.62. The fraction of sp³-hybridized carbons (Fsp3) is 0.857. The molecule has 0 rings (SSSR count). The molecular formula is C21H45IN2O7S2. The Bertz CT molecular complexity index is 754. The first-order valence-corrected chi connectivity index (χ1v) is 21.8. The van der Waals surface area contributed by atoms with Gasteiger partial charge in [-0.15, -0.1) is 0 Å². The van der Waals surface area contributed by atoms with Crippen LogP contribution < -0.4 is 18.4 Å². The average Bonchev–Trinajstić information content (AvgIpc) is 2.65. The molecule has 0 aromatic carbocycles. The molecule has 0 atom stereocenters. The number of carbonyl (C=O) groups is 1. The van der Waals surface area contributed by atoms with Crippen LogP contribution >= 0.6 is 0 Å². The summed E-state index contributed by atoms with van der Waals surface area (Å²) in [5.74, 6) is -0.470. The Labute approximate surface area is 205 Å². The Morgan fingerprint density at radius 3 is 1.82 bits per heavy atom. The quantitative estimate of drug-likeness (QED) is 0.0451. The van der Waals surface area contributed by atoms with Crippen molar-refractivity contribution in [3.05, 3.63) is 12.7 Å². The van der Waals surface area contributed by atoms with E-state index in [4.69, 9.17) is 9.11 Å². The van der Waals surface area contributed by atoms with E-state index in [0.29, 0.717) is 36.8 Å². The van der Waals surface area contributed by atoms with Gasteiger partial charge in [-0.3, -0.25) is 4.55 Å². The SMILES string of the molecule is C=CC(=O)N(CCC[N+](C)(C)CCCCS(=O)(=O)O)CCC[I-](C)(C)CCCCS(=O)(=O)O. The Kier molecular flexibility index (Phi) is 14.8. The van der Waals surface area contributed by atoms with Gasteiger partial charge in [-0.25, -0.2) is 0 Å². The normalized spacial score (nSPS) is 13.6. The molecule has 0 aromatic rings. The summed E-state index contributed by atoms with van der Waals surface area (Å²) < 4.78 is 63.8. The van der Waals surface area contributed by atoms with E-state index in [1.807, 2.05) is 4.90 Å². The van der Waals surface area contributed by atoms with Crippen LogP contribution in [0.1, 0.15) is 38.5 Å². The zero-order valence-electron chi connectivity index (χ0n) is 20.7. The van der Waals surface area contributed by atoms with Crippen molar-refractivity contribution in [2.75, 3.05) is 70.5 Å². The first-order chi connectivity index (χ1) is 15.0. The van der Waals surface area contributed by atoms with Crippen molar-refractivity contribution in [2.24, 2.45) is 0 Å². The topological polar surface area (TPSA) is 129 Å². The summed E-state index contributed by atoms with van der Waals surface area (Å²) in [5, 5.41) is 0. The molecule has 200 valence electrons. The Balaban J connectivity index is 4.41. The molecule has 1 amide bonds. The second-order valence-corrected chi connectivity index (χ2v) is 24.3. The van der Waals surface area contributed by atoms with Crippen LogP contribution in [0.15, 0.2) is 12.7 Å². The van der Waals surface area contributed by atoms with Crippen molar-refractivity contribution < 1.29 is 53.7 Å². The summed E-state index contributed by atoms with van der Waals surface area (Å²) in [7, 11) is -3.64. The number of amides is 1. The van der Waals surface area contributed by atoms with Crippen LogP contribution in [0.5, 0.6) is 0 Å². The molecule has 0 heterocycles. The maximum absolute atomic E-state index is 12.3. The van der Waals surface area contributed by atoms with E-state index in [1.165, 1.54) is 6.08 Å². The van der Waals surface area contributed by atoms with Gasteiger partial charge in [0.1, 0.15) is 0 Å². The number of unbranched alkanes of at least 4 members (excludes halogenated alkanes) is 2. The van der Waals surface area contributed by atoms with Gasteiger partial charge in [0, 0.05) is 0 Å². The number of carbonyl (C=O) groups excluding carboxylic acids is 1. The molecule has 2 N–H and O–H groups in total. The van der Waals surface area contributed by atoms with Gasteiger partial charge in [-0.2, -0.15) is 8.42 Å². The molecule has 0 spiro atoms. The van der Waals surface area contributed by atoms with Gasteiger partial charge in [0.25, 0.3) is 10.1 Å². The zero-order valence-corrected chi connectivity index (χ0v) is 24.5. The third-order valence-corrected chi connectivity index (χ3v) is 14.4. The third kappa shape index (κ3) is 19.7. The standard InChI is InChI=1S/C21H45IN2O7S2/c1-6-21(25)23(15-11-14-22(2,3)13-7-9-19-32(26,27)28)16-12-18-24(4,5)17-8-10-20-33(29,30)31/h6H,1,7-20H2,2-5H3,(H,26,27,28)(H,29,30,31). The zero-order chi connectivity index (χ0) is 25.8. The number of quaternary nitrogens is 1. The summed E-state index contributed by atoms with van der Waals surface area (Å²) in [6.45, 7) is 6.57. The number of hydrogen-bond acceptors (Lipinski definition) is 5. The Morgan fingerprint density at radius 2 is 1.30 bits per heavy atom. The number of halogens is 1. The van der Waals surface area contributed by atoms with E-state index >= 15 is 0 Å². The van der Waals surface area contributed by atoms with Crippen molar-refractivity contribution in [3.8, 4) is 0 Å².